The summed E-state index contributed by atoms with van der Waals surface area (Å²) in [6.45, 7) is 2.60. The van der Waals surface area contributed by atoms with Crippen molar-refractivity contribution < 1.29 is 4.79 Å². The Balaban J connectivity index is 0.00000288. The summed E-state index contributed by atoms with van der Waals surface area (Å²) in [6, 6.07) is 7.66. The van der Waals surface area contributed by atoms with E-state index in [1.165, 1.54) is 6.33 Å². The van der Waals surface area contributed by atoms with E-state index >= 15 is 0 Å². The van der Waals surface area contributed by atoms with E-state index in [1.807, 2.05) is 24.3 Å². The van der Waals surface area contributed by atoms with Crippen LogP contribution in [0.1, 0.15) is 42.1 Å². The van der Waals surface area contributed by atoms with Crippen molar-refractivity contribution in [1.82, 2.24) is 20.5 Å². The number of aromatic amines is 1. The van der Waals surface area contributed by atoms with Gasteiger partial charge < -0.3 is 11.1 Å². The molecule has 0 saturated heterocycles. The Labute approximate surface area is 165 Å². The molecule has 6 nitrogen and oxygen atoms in total. The van der Waals surface area contributed by atoms with E-state index in [0.717, 1.165) is 35.7 Å². The highest BCUT2D eigenvalue weighted by atomic mass is 35.5. The normalized spacial score (nSPS) is 11.1. The fraction of sp³-hybridized carbons (Fsp3) is 0.438. The minimum atomic E-state index is -0.0639. The van der Waals surface area contributed by atoms with Crippen LogP contribution in [0.5, 0.6) is 0 Å². The quantitative estimate of drug-likeness (QED) is 0.556. The molecule has 0 aliphatic heterocycles. The number of carbonyl (C=O) groups excluding carboxylic acids is 1. The molecule has 1 atom stereocenters. The summed E-state index contributed by atoms with van der Waals surface area (Å²) in [5.74, 6) is 0.713. The van der Waals surface area contributed by atoms with E-state index < -0.39 is 0 Å². The van der Waals surface area contributed by atoms with Crippen molar-refractivity contribution in [1.29, 1.82) is 0 Å². The first-order chi connectivity index (χ1) is 11.2. The number of nitrogens with one attached hydrogen (secondary N) is 2. The number of amides is 1. The maximum atomic E-state index is 12.2. The minimum absolute atomic E-state index is 0. The Bertz CT molecular complexity index is 595. The van der Waals surface area contributed by atoms with Crippen molar-refractivity contribution in [2.45, 2.75) is 43.1 Å². The highest BCUT2D eigenvalue weighted by molar-refractivity contribution is 7.98. The van der Waals surface area contributed by atoms with Gasteiger partial charge in [-0.05, 0) is 24.1 Å². The Morgan fingerprint density at radius 3 is 2.60 bits per heavy atom. The van der Waals surface area contributed by atoms with Crippen LogP contribution in [0.2, 0.25) is 0 Å². The lowest BCUT2D eigenvalue weighted by Crippen LogP contribution is -2.40. The molecule has 0 aliphatic rings. The van der Waals surface area contributed by atoms with Gasteiger partial charge in [-0.1, -0.05) is 43.7 Å². The number of halogens is 2. The van der Waals surface area contributed by atoms with Crippen LogP contribution in [0, 0.1) is 0 Å². The molecule has 0 saturated carbocycles. The van der Waals surface area contributed by atoms with E-state index in [2.05, 4.69) is 27.4 Å². The first kappa shape index (κ1) is 23.7. The van der Waals surface area contributed by atoms with Crippen molar-refractivity contribution in [3.05, 3.63) is 41.7 Å². The van der Waals surface area contributed by atoms with Gasteiger partial charge in [0.25, 0.3) is 5.91 Å². The van der Waals surface area contributed by atoms with Crippen LogP contribution in [-0.2, 0) is 5.75 Å². The summed E-state index contributed by atoms with van der Waals surface area (Å²) in [7, 11) is 0. The van der Waals surface area contributed by atoms with Gasteiger partial charge in [-0.2, -0.15) is 5.10 Å². The number of aromatic nitrogens is 3. The van der Waals surface area contributed by atoms with E-state index in [0.29, 0.717) is 12.1 Å². The van der Waals surface area contributed by atoms with Crippen molar-refractivity contribution in [2.24, 2.45) is 5.73 Å². The largest absolute Gasteiger partial charge is 0.348 e. The van der Waals surface area contributed by atoms with Gasteiger partial charge in [-0.15, -0.1) is 24.8 Å². The Hall–Kier alpha value is -1.28. The van der Waals surface area contributed by atoms with E-state index in [9.17, 15) is 4.79 Å². The molecule has 0 bridgehead atoms. The number of benzene rings is 1. The number of nitrogens with two attached hydrogens (primary N) is 1. The second-order valence-electron chi connectivity index (χ2n) is 5.32. The number of rotatable bonds is 9. The molecule has 25 heavy (non-hydrogen) atoms. The molecule has 1 unspecified atom stereocenters. The number of unbranched alkanes of at least 4 members (excludes halogenated alkanes) is 1. The second-order valence-corrected chi connectivity index (χ2v) is 6.29. The van der Waals surface area contributed by atoms with Gasteiger partial charge in [0, 0.05) is 23.9 Å². The molecule has 0 fully saturated rings. The molecule has 140 valence electrons. The first-order valence-corrected chi connectivity index (χ1v) is 8.79. The lowest BCUT2D eigenvalue weighted by atomic mass is 10.1. The summed E-state index contributed by atoms with van der Waals surface area (Å²) in [5, 5.41) is 10.4. The van der Waals surface area contributed by atoms with Crippen LogP contribution in [-0.4, -0.2) is 33.7 Å². The van der Waals surface area contributed by atoms with Crippen LogP contribution in [0.4, 0.5) is 0 Å². The highest BCUT2D eigenvalue weighted by Gasteiger charge is 2.12. The average molecular weight is 406 g/mol. The minimum Gasteiger partial charge on any atom is -0.348 e. The maximum absolute atomic E-state index is 12.2. The Morgan fingerprint density at radius 1 is 1.32 bits per heavy atom. The second kappa shape index (κ2) is 13.0. The molecule has 0 aliphatic carbocycles. The zero-order chi connectivity index (χ0) is 16.5. The third-order valence-corrected chi connectivity index (χ3v) is 4.46. The lowest BCUT2D eigenvalue weighted by Gasteiger charge is -2.16. The summed E-state index contributed by atoms with van der Waals surface area (Å²) in [5.41, 5.74) is 7.51. The standard InChI is InChI=1S/C16H23N5OS.2ClH/c1-2-3-4-14(9-17)20-15(22)13-7-5-12(6-8-13)10-23-16-18-11-19-21-16;;/h5-8,11,14H,2-4,9-10,17H2,1H3,(H,20,22)(H,18,19,21);2*1H. The van der Waals surface area contributed by atoms with Gasteiger partial charge in [-0.25, -0.2) is 4.98 Å². The molecule has 4 N–H and O–H groups in total. The number of hydrogen-bond donors (Lipinski definition) is 3. The number of nitrogens with zero attached hydrogens (tertiary/aromatic N) is 2. The molecule has 2 rings (SSSR count). The van der Waals surface area contributed by atoms with E-state index in [-0.39, 0.29) is 36.8 Å². The molecule has 1 heterocycles. The van der Waals surface area contributed by atoms with Crippen LogP contribution in [0.25, 0.3) is 0 Å². The van der Waals surface area contributed by atoms with E-state index in [4.69, 9.17) is 5.73 Å². The van der Waals surface area contributed by atoms with Crippen LogP contribution < -0.4 is 11.1 Å². The van der Waals surface area contributed by atoms with Gasteiger partial charge in [0.15, 0.2) is 5.16 Å². The maximum Gasteiger partial charge on any atom is 0.251 e. The molecule has 2 aromatic rings. The van der Waals surface area contributed by atoms with Crippen LogP contribution >= 0.6 is 36.6 Å². The van der Waals surface area contributed by atoms with Crippen LogP contribution in [0.3, 0.4) is 0 Å². The van der Waals surface area contributed by atoms with Crippen LogP contribution in [0.15, 0.2) is 35.7 Å². The number of hydrogen-bond acceptors (Lipinski definition) is 5. The third-order valence-electron chi connectivity index (χ3n) is 3.51. The molecule has 9 heteroatoms. The predicted octanol–water partition coefficient (Wildman–Crippen LogP) is 3.19. The third kappa shape index (κ3) is 8.09. The average Bonchev–Trinajstić information content (AvgIpc) is 3.10. The van der Waals surface area contributed by atoms with Gasteiger partial charge in [0.05, 0.1) is 0 Å². The molecule has 0 radical (unpaired) electrons. The highest BCUT2D eigenvalue weighted by Crippen LogP contribution is 2.18. The number of H-pyrrole nitrogens is 1. The summed E-state index contributed by atoms with van der Waals surface area (Å²) in [6.07, 6.45) is 4.58. The number of carbonyl (C=O) groups is 1. The topological polar surface area (TPSA) is 96.7 Å². The fourth-order valence-electron chi connectivity index (χ4n) is 2.14. The summed E-state index contributed by atoms with van der Waals surface area (Å²) < 4.78 is 0. The number of thioether (sulfide) groups is 1. The smallest absolute Gasteiger partial charge is 0.251 e. The van der Waals surface area contributed by atoms with E-state index in [1.54, 1.807) is 11.8 Å². The van der Waals surface area contributed by atoms with Crippen molar-refractivity contribution in [3.63, 3.8) is 0 Å². The summed E-state index contributed by atoms with van der Waals surface area (Å²) in [4.78, 5) is 16.3. The van der Waals surface area contributed by atoms with Crippen molar-refractivity contribution in [2.75, 3.05) is 6.54 Å². The van der Waals surface area contributed by atoms with Gasteiger partial charge in [-0.3, -0.25) is 9.89 Å². The van der Waals surface area contributed by atoms with Crippen molar-refractivity contribution >= 4 is 42.5 Å². The first-order valence-electron chi connectivity index (χ1n) is 7.81. The molecule has 1 amide bonds. The van der Waals surface area contributed by atoms with Gasteiger partial charge in [0.2, 0.25) is 0 Å². The summed E-state index contributed by atoms with van der Waals surface area (Å²) >= 11 is 1.57. The monoisotopic (exact) mass is 405 g/mol. The molecule has 0 spiro atoms. The Morgan fingerprint density at radius 2 is 2.04 bits per heavy atom. The van der Waals surface area contributed by atoms with Gasteiger partial charge >= 0.3 is 0 Å². The molecule has 1 aromatic heterocycles. The van der Waals surface area contributed by atoms with Crippen molar-refractivity contribution in [3.8, 4) is 0 Å². The Kier molecular flexibility index (Phi) is 12.3. The fourth-order valence-corrected chi connectivity index (χ4v) is 2.87. The zero-order valence-corrected chi connectivity index (χ0v) is 16.6. The SMILES string of the molecule is CCCCC(CN)NC(=O)c1ccc(CSc2ncn[nH]2)cc1.Cl.Cl. The molecular weight excluding hydrogens is 381 g/mol. The molecular formula is C16H25Cl2N5OS. The predicted molar refractivity (Wildman–Crippen MR) is 107 cm³/mol. The lowest BCUT2D eigenvalue weighted by molar-refractivity contribution is 0.0936. The van der Waals surface area contributed by atoms with Gasteiger partial charge in [0.1, 0.15) is 6.33 Å². The zero-order valence-electron chi connectivity index (χ0n) is 14.1. The molecule has 1 aromatic carbocycles.